The van der Waals surface area contributed by atoms with E-state index in [1.165, 1.54) is 0 Å². The van der Waals surface area contributed by atoms with Crippen LogP contribution in [0.25, 0.3) is 0 Å². The number of anilines is 1. The number of carbonyl (C=O) groups excluding carboxylic acids is 1. The zero-order chi connectivity index (χ0) is 25.3. The largest absolute Gasteiger partial charge is 0.489 e. The highest BCUT2D eigenvalue weighted by Crippen LogP contribution is 2.23. The van der Waals surface area contributed by atoms with Crippen molar-refractivity contribution >= 4 is 11.6 Å². The Morgan fingerprint density at radius 2 is 1.86 bits per heavy atom. The Morgan fingerprint density at radius 1 is 1.14 bits per heavy atom. The summed E-state index contributed by atoms with van der Waals surface area (Å²) in [6, 6.07) is 17.7. The Labute approximate surface area is 209 Å². The van der Waals surface area contributed by atoms with Crippen molar-refractivity contribution in [3.05, 3.63) is 78.4 Å². The normalized spacial score (nSPS) is 12.4. The minimum absolute atomic E-state index is 0.168. The predicted octanol–water partition coefficient (Wildman–Crippen LogP) is 4.31. The van der Waals surface area contributed by atoms with Gasteiger partial charge in [-0.25, -0.2) is 4.98 Å². The van der Waals surface area contributed by atoms with E-state index in [9.17, 15) is 4.79 Å². The topological polar surface area (TPSA) is 96.3 Å². The Bertz CT molecular complexity index is 1020. The molecule has 1 unspecified atom stereocenters. The quantitative estimate of drug-likeness (QED) is 0.341. The van der Waals surface area contributed by atoms with Crippen molar-refractivity contribution in [1.29, 1.82) is 0 Å². The number of hydrogen-bond donors (Lipinski definition) is 3. The third-order valence-electron chi connectivity index (χ3n) is 5.81. The van der Waals surface area contributed by atoms with Gasteiger partial charge in [-0.05, 0) is 56.0 Å². The SMILES string of the molecule is CC(C)CCN(CC(C)(C)NC(=O)C(N)Cc1cnc[nH]1)c1ccc(OCc2ccccc2)cc1. The monoisotopic (exact) mass is 477 g/mol. The van der Waals surface area contributed by atoms with Crippen molar-refractivity contribution in [2.75, 3.05) is 18.0 Å². The molecule has 0 bridgehead atoms. The Hall–Kier alpha value is -3.32. The Balaban J connectivity index is 1.62. The van der Waals surface area contributed by atoms with Crippen LogP contribution in [0.3, 0.4) is 0 Å². The van der Waals surface area contributed by atoms with Crippen LogP contribution in [0.2, 0.25) is 0 Å². The molecule has 1 heterocycles. The van der Waals surface area contributed by atoms with Gasteiger partial charge in [0.25, 0.3) is 0 Å². The van der Waals surface area contributed by atoms with Gasteiger partial charge in [-0.15, -0.1) is 0 Å². The number of aromatic nitrogens is 2. The van der Waals surface area contributed by atoms with Crippen LogP contribution in [-0.2, 0) is 17.8 Å². The molecule has 0 aliphatic rings. The van der Waals surface area contributed by atoms with E-state index in [0.29, 0.717) is 25.5 Å². The fraction of sp³-hybridized carbons (Fsp3) is 0.429. The highest BCUT2D eigenvalue weighted by Gasteiger charge is 2.27. The number of nitrogens with one attached hydrogen (secondary N) is 2. The first-order valence-corrected chi connectivity index (χ1v) is 12.3. The molecule has 1 aromatic heterocycles. The lowest BCUT2D eigenvalue weighted by Crippen LogP contribution is -2.56. The van der Waals surface area contributed by atoms with Crippen LogP contribution in [0.15, 0.2) is 67.1 Å². The number of H-pyrrole nitrogens is 1. The zero-order valence-electron chi connectivity index (χ0n) is 21.3. The summed E-state index contributed by atoms with van der Waals surface area (Å²) < 4.78 is 5.95. The van der Waals surface area contributed by atoms with Gasteiger partial charge >= 0.3 is 0 Å². The lowest BCUT2D eigenvalue weighted by molar-refractivity contribution is -0.123. The number of ether oxygens (including phenoxy) is 1. The Kier molecular flexibility index (Phi) is 9.32. The molecule has 0 aliphatic heterocycles. The van der Waals surface area contributed by atoms with Gasteiger partial charge in [-0.3, -0.25) is 4.79 Å². The maximum atomic E-state index is 12.8. The second kappa shape index (κ2) is 12.4. The molecule has 0 aliphatic carbocycles. The molecule has 3 aromatic rings. The predicted molar refractivity (Wildman–Crippen MR) is 141 cm³/mol. The van der Waals surface area contributed by atoms with Gasteiger partial charge in [0.2, 0.25) is 5.91 Å². The molecule has 188 valence electrons. The summed E-state index contributed by atoms with van der Waals surface area (Å²) in [5.41, 5.74) is 8.77. The first-order valence-electron chi connectivity index (χ1n) is 12.3. The van der Waals surface area contributed by atoms with Crippen molar-refractivity contribution in [3.63, 3.8) is 0 Å². The molecule has 4 N–H and O–H groups in total. The molecule has 0 saturated heterocycles. The van der Waals surface area contributed by atoms with E-state index in [1.54, 1.807) is 12.5 Å². The smallest absolute Gasteiger partial charge is 0.237 e. The molecule has 3 rings (SSSR count). The van der Waals surface area contributed by atoms with Crippen LogP contribution in [0.1, 0.15) is 45.4 Å². The third kappa shape index (κ3) is 8.76. The highest BCUT2D eigenvalue weighted by atomic mass is 16.5. The minimum Gasteiger partial charge on any atom is -0.489 e. The maximum Gasteiger partial charge on any atom is 0.237 e. The van der Waals surface area contributed by atoms with Crippen LogP contribution in [0.4, 0.5) is 5.69 Å². The summed E-state index contributed by atoms with van der Waals surface area (Å²) in [4.78, 5) is 22.1. The van der Waals surface area contributed by atoms with Gasteiger partial charge in [-0.1, -0.05) is 44.2 Å². The van der Waals surface area contributed by atoms with Crippen molar-refractivity contribution in [2.24, 2.45) is 11.7 Å². The second-order valence-corrected chi connectivity index (χ2v) is 10.1. The zero-order valence-corrected chi connectivity index (χ0v) is 21.3. The first kappa shape index (κ1) is 26.3. The van der Waals surface area contributed by atoms with Crippen LogP contribution >= 0.6 is 0 Å². The number of nitrogens with zero attached hydrogens (tertiary/aromatic N) is 2. The standard InChI is InChI=1S/C28H39N5O2/c1-21(2)14-15-33(19-28(3,4)32-27(34)26(29)16-23-17-30-20-31-23)24-10-12-25(13-11-24)35-18-22-8-6-5-7-9-22/h5-13,17,20-21,26H,14-16,18-19,29H2,1-4H3,(H,30,31)(H,32,34). The van der Waals surface area contributed by atoms with Gasteiger partial charge in [-0.2, -0.15) is 0 Å². The number of hydrogen-bond acceptors (Lipinski definition) is 5. The molecule has 1 amide bonds. The summed E-state index contributed by atoms with van der Waals surface area (Å²) in [6.07, 6.45) is 4.76. The van der Waals surface area contributed by atoms with E-state index in [0.717, 1.165) is 35.7 Å². The van der Waals surface area contributed by atoms with E-state index in [-0.39, 0.29) is 5.91 Å². The van der Waals surface area contributed by atoms with E-state index in [1.807, 2.05) is 44.2 Å². The molecule has 35 heavy (non-hydrogen) atoms. The molecular weight excluding hydrogens is 438 g/mol. The van der Waals surface area contributed by atoms with Gasteiger partial charge < -0.3 is 25.7 Å². The Morgan fingerprint density at radius 3 is 2.49 bits per heavy atom. The molecule has 0 fully saturated rings. The van der Waals surface area contributed by atoms with Gasteiger partial charge in [0.1, 0.15) is 12.4 Å². The molecule has 2 aromatic carbocycles. The number of benzene rings is 2. The summed E-state index contributed by atoms with van der Waals surface area (Å²) in [7, 11) is 0. The molecular formula is C28H39N5O2. The molecule has 1 atom stereocenters. The van der Waals surface area contributed by atoms with Crippen LogP contribution in [-0.4, -0.2) is 40.5 Å². The number of rotatable bonds is 13. The number of amides is 1. The average molecular weight is 478 g/mol. The lowest BCUT2D eigenvalue weighted by Gasteiger charge is -2.36. The lowest BCUT2D eigenvalue weighted by atomic mass is 10.0. The first-order chi connectivity index (χ1) is 16.7. The van der Waals surface area contributed by atoms with Crippen molar-refractivity contribution in [1.82, 2.24) is 15.3 Å². The number of nitrogens with two attached hydrogens (primary N) is 1. The van der Waals surface area contributed by atoms with Gasteiger partial charge in [0.05, 0.1) is 17.9 Å². The van der Waals surface area contributed by atoms with Gasteiger partial charge in [0.15, 0.2) is 0 Å². The van der Waals surface area contributed by atoms with Crippen LogP contribution in [0, 0.1) is 5.92 Å². The highest BCUT2D eigenvalue weighted by molar-refractivity contribution is 5.82. The molecule has 7 heteroatoms. The van der Waals surface area contributed by atoms with Gasteiger partial charge in [0, 0.05) is 37.1 Å². The van der Waals surface area contributed by atoms with E-state index < -0.39 is 11.6 Å². The van der Waals surface area contributed by atoms with E-state index >= 15 is 0 Å². The second-order valence-electron chi connectivity index (χ2n) is 10.1. The summed E-state index contributed by atoms with van der Waals surface area (Å²) in [5.74, 6) is 1.24. The molecule has 0 saturated carbocycles. The van der Waals surface area contributed by atoms with Crippen molar-refractivity contribution in [2.45, 2.75) is 58.7 Å². The molecule has 7 nitrogen and oxygen atoms in total. The minimum atomic E-state index is -0.639. The number of carbonyl (C=O) groups is 1. The summed E-state index contributed by atoms with van der Waals surface area (Å²) in [5, 5.41) is 3.14. The number of aromatic amines is 1. The molecule has 0 spiro atoms. The van der Waals surface area contributed by atoms with E-state index in [4.69, 9.17) is 10.5 Å². The third-order valence-corrected chi connectivity index (χ3v) is 5.81. The summed E-state index contributed by atoms with van der Waals surface area (Å²) in [6.45, 7) is 10.6. The van der Waals surface area contributed by atoms with E-state index in [2.05, 4.69) is 58.3 Å². The number of imidazole rings is 1. The van der Waals surface area contributed by atoms with Crippen molar-refractivity contribution < 1.29 is 9.53 Å². The molecule has 0 radical (unpaired) electrons. The summed E-state index contributed by atoms with van der Waals surface area (Å²) >= 11 is 0. The average Bonchev–Trinajstić information content (AvgIpc) is 3.34. The fourth-order valence-electron chi connectivity index (χ4n) is 3.88. The van der Waals surface area contributed by atoms with Crippen LogP contribution in [0.5, 0.6) is 5.75 Å². The van der Waals surface area contributed by atoms with Crippen molar-refractivity contribution in [3.8, 4) is 5.75 Å². The fourth-order valence-corrected chi connectivity index (χ4v) is 3.88. The van der Waals surface area contributed by atoms with Crippen LogP contribution < -0.4 is 20.7 Å². The maximum absolute atomic E-state index is 12.8.